The lowest BCUT2D eigenvalue weighted by atomic mass is 9.85. The van der Waals surface area contributed by atoms with Crippen molar-refractivity contribution in [2.24, 2.45) is 0 Å². The summed E-state index contributed by atoms with van der Waals surface area (Å²) in [5.74, 6) is 1.04. The first-order valence-corrected chi connectivity index (χ1v) is 10.2. The summed E-state index contributed by atoms with van der Waals surface area (Å²) in [7, 11) is 0. The molecule has 1 aliphatic rings. The maximum absolute atomic E-state index is 5.94. The molecule has 0 amide bonds. The molecule has 2 aromatic carbocycles. The molecule has 0 unspecified atom stereocenters. The van der Waals surface area contributed by atoms with Gasteiger partial charge in [-0.2, -0.15) is 0 Å². The minimum Gasteiger partial charge on any atom is -0.464 e. The quantitative estimate of drug-likeness (QED) is 0.452. The van der Waals surface area contributed by atoms with E-state index in [9.17, 15) is 0 Å². The Labute approximate surface area is 169 Å². The third kappa shape index (κ3) is 3.35. The molecule has 1 heterocycles. The number of benzene rings is 2. The van der Waals surface area contributed by atoms with Gasteiger partial charge >= 0.3 is 0 Å². The van der Waals surface area contributed by atoms with Gasteiger partial charge in [0.15, 0.2) is 0 Å². The van der Waals surface area contributed by atoms with Crippen LogP contribution in [-0.4, -0.2) is 0 Å². The molecule has 1 nitrogen and oxygen atoms in total. The molecule has 0 aliphatic heterocycles. The number of hydrogen-bond donors (Lipinski definition) is 0. The second-order valence-corrected chi connectivity index (χ2v) is 9.97. The first-order chi connectivity index (χ1) is 13.1. The van der Waals surface area contributed by atoms with Crippen LogP contribution in [0.4, 0.5) is 0 Å². The van der Waals surface area contributed by atoms with Gasteiger partial charge in [0.1, 0.15) is 5.76 Å². The third-order valence-corrected chi connectivity index (χ3v) is 5.72. The highest BCUT2D eigenvalue weighted by molar-refractivity contribution is 5.93. The van der Waals surface area contributed by atoms with E-state index < -0.39 is 0 Å². The van der Waals surface area contributed by atoms with Gasteiger partial charge in [0, 0.05) is 17.6 Å². The standard InChI is InChI=1S/C27H30O/c1-26(2,3)21-12-10-18(11-13-21)22-9-7-8-19-16-20(17-23(19)22)25-24(14-15-28-25)27(4,5)6/h7-15,17H,16H2,1-6H3. The number of hydrogen-bond acceptors (Lipinski definition) is 1. The van der Waals surface area contributed by atoms with Crippen LogP contribution in [0, 0.1) is 0 Å². The summed E-state index contributed by atoms with van der Waals surface area (Å²) in [4.78, 5) is 0. The molecule has 0 atom stereocenters. The van der Waals surface area contributed by atoms with Crippen molar-refractivity contribution in [3.8, 4) is 11.1 Å². The van der Waals surface area contributed by atoms with Crippen LogP contribution in [-0.2, 0) is 17.3 Å². The summed E-state index contributed by atoms with van der Waals surface area (Å²) in [5.41, 5.74) is 9.46. The summed E-state index contributed by atoms with van der Waals surface area (Å²) in [6, 6.07) is 17.8. The largest absolute Gasteiger partial charge is 0.464 e. The summed E-state index contributed by atoms with van der Waals surface area (Å²) in [6.45, 7) is 13.5. The zero-order valence-electron chi connectivity index (χ0n) is 17.9. The van der Waals surface area contributed by atoms with Crippen LogP contribution in [0.5, 0.6) is 0 Å². The van der Waals surface area contributed by atoms with Crippen molar-refractivity contribution in [2.75, 3.05) is 0 Å². The Balaban J connectivity index is 1.75. The third-order valence-electron chi connectivity index (χ3n) is 5.72. The van der Waals surface area contributed by atoms with Crippen LogP contribution in [0.1, 0.15) is 69.6 Å². The van der Waals surface area contributed by atoms with Crippen molar-refractivity contribution < 1.29 is 4.42 Å². The molecule has 4 rings (SSSR count). The van der Waals surface area contributed by atoms with E-state index in [1.807, 2.05) is 6.26 Å². The second-order valence-electron chi connectivity index (χ2n) is 9.97. The highest BCUT2D eigenvalue weighted by atomic mass is 16.3. The summed E-state index contributed by atoms with van der Waals surface area (Å²) in [6.07, 6.45) is 5.09. The van der Waals surface area contributed by atoms with Crippen LogP contribution in [0.25, 0.3) is 22.8 Å². The van der Waals surface area contributed by atoms with E-state index in [0.29, 0.717) is 0 Å². The minimum atomic E-state index is 0.0730. The normalized spacial score (nSPS) is 14.1. The monoisotopic (exact) mass is 370 g/mol. The Morgan fingerprint density at radius 1 is 0.786 bits per heavy atom. The van der Waals surface area contributed by atoms with Gasteiger partial charge in [-0.1, -0.05) is 84.0 Å². The van der Waals surface area contributed by atoms with Crippen LogP contribution in [0.3, 0.4) is 0 Å². The van der Waals surface area contributed by atoms with Gasteiger partial charge in [-0.05, 0) is 50.8 Å². The van der Waals surface area contributed by atoms with E-state index in [-0.39, 0.29) is 10.8 Å². The highest BCUT2D eigenvalue weighted by Gasteiger charge is 2.26. The van der Waals surface area contributed by atoms with Gasteiger partial charge < -0.3 is 4.42 Å². The Hall–Kier alpha value is -2.54. The van der Waals surface area contributed by atoms with Crippen LogP contribution >= 0.6 is 0 Å². The number of fused-ring (bicyclic) bond motifs is 1. The topological polar surface area (TPSA) is 13.1 Å². The molecular formula is C27H30O. The van der Waals surface area contributed by atoms with E-state index >= 15 is 0 Å². The minimum absolute atomic E-state index is 0.0730. The molecule has 1 aliphatic carbocycles. The van der Waals surface area contributed by atoms with Crippen LogP contribution in [0.2, 0.25) is 0 Å². The van der Waals surface area contributed by atoms with Crippen molar-refractivity contribution in [1.82, 2.24) is 0 Å². The van der Waals surface area contributed by atoms with E-state index in [1.165, 1.54) is 39.0 Å². The molecule has 0 fully saturated rings. The van der Waals surface area contributed by atoms with Crippen molar-refractivity contribution in [1.29, 1.82) is 0 Å². The molecule has 0 saturated carbocycles. The Morgan fingerprint density at radius 2 is 1.50 bits per heavy atom. The van der Waals surface area contributed by atoms with Crippen LogP contribution < -0.4 is 0 Å². The van der Waals surface area contributed by atoms with E-state index in [1.54, 1.807) is 0 Å². The summed E-state index contributed by atoms with van der Waals surface area (Å²) < 4.78 is 5.94. The maximum Gasteiger partial charge on any atom is 0.133 e. The molecule has 0 bridgehead atoms. The van der Waals surface area contributed by atoms with Crippen molar-refractivity contribution in [3.63, 3.8) is 0 Å². The van der Waals surface area contributed by atoms with Crippen molar-refractivity contribution >= 4 is 11.6 Å². The fourth-order valence-electron chi connectivity index (χ4n) is 4.06. The molecule has 3 aromatic rings. The highest BCUT2D eigenvalue weighted by Crippen LogP contribution is 2.41. The molecule has 28 heavy (non-hydrogen) atoms. The Morgan fingerprint density at radius 3 is 2.14 bits per heavy atom. The zero-order valence-corrected chi connectivity index (χ0v) is 17.9. The SMILES string of the molecule is CC(C)(C)c1ccc(-c2cccc3c2C=C(c2occc2C(C)(C)C)C3)cc1. The summed E-state index contributed by atoms with van der Waals surface area (Å²) in [5, 5.41) is 0. The molecular weight excluding hydrogens is 340 g/mol. The molecule has 0 N–H and O–H groups in total. The fraction of sp³-hybridized carbons (Fsp3) is 0.333. The van der Waals surface area contributed by atoms with Gasteiger partial charge in [0.25, 0.3) is 0 Å². The zero-order chi connectivity index (χ0) is 20.1. The Bertz CT molecular complexity index is 1030. The van der Waals surface area contributed by atoms with Gasteiger partial charge in [-0.3, -0.25) is 0 Å². The van der Waals surface area contributed by atoms with E-state index in [0.717, 1.165) is 12.2 Å². The molecule has 0 saturated heterocycles. The fourth-order valence-corrected chi connectivity index (χ4v) is 4.06. The van der Waals surface area contributed by atoms with Crippen LogP contribution in [0.15, 0.2) is 59.2 Å². The number of rotatable bonds is 2. The van der Waals surface area contributed by atoms with Gasteiger partial charge in [-0.15, -0.1) is 0 Å². The number of furan rings is 1. The summed E-state index contributed by atoms with van der Waals surface area (Å²) >= 11 is 0. The molecule has 0 spiro atoms. The van der Waals surface area contributed by atoms with Crippen molar-refractivity contribution in [3.05, 3.63) is 82.8 Å². The smallest absolute Gasteiger partial charge is 0.133 e. The number of allylic oxidation sites excluding steroid dienone is 1. The average molecular weight is 371 g/mol. The van der Waals surface area contributed by atoms with Gasteiger partial charge in [0.2, 0.25) is 0 Å². The molecule has 144 valence electrons. The first-order valence-electron chi connectivity index (χ1n) is 10.2. The van der Waals surface area contributed by atoms with Gasteiger partial charge in [-0.25, -0.2) is 0 Å². The van der Waals surface area contributed by atoms with Gasteiger partial charge in [0.05, 0.1) is 6.26 Å². The molecule has 0 radical (unpaired) electrons. The maximum atomic E-state index is 5.94. The van der Waals surface area contributed by atoms with E-state index in [2.05, 4.69) is 96.1 Å². The second kappa shape index (κ2) is 6.51. The molecule has 1 heteroatoms. The molecule has 1 aromatic heterocycles. The van der Waals surface area contributed by atoms with Crippen molar-refractivity contribution in [2.45, 2.75) is 58.8 Å². The Kier molecular flexibility index (Phi) is 4.38. The first kappa shape index (κ1) is 18.8. The lowest BCUT2D eigenvalue weighted by Crippen LogP contribution is -2.12. The lowest BCUT2D eigenvalue weighted by molar-refractivity contribution is 0.523. The lowest BCUT2D eigenvalue weighted by Gasteiger charge is -2.19. The van der Waals surface area contributed by atoms with E-state index in [4.69, 9.17) is 4.42 Å². The predicted octanol–water partition coefficient (Wildman–Crippen LogP) is 7.64. The average Bonchev–Trinajstić information content (AvgIpc) is 3.27. The predicted molar refractivity (Wildman–Crippen MR) is 120 cm³/mol.